The number of alkyl halides is 2. The molecule has 2 aromatic rings. The van der Waals surface area contributed by atoms with Gasteiger partial charge in [-0.25, -0.2) is 18.0 Å². The number of hydrogen-bond acceptors (Lipinski definition) is 3. The van der Waals surface area contributed by atoms with Gasteiger partial charge < -0.3 is 5.32 Å². The van der Waals surface area contributed by atoms with Crippen LogP contribution in [0.5, 0.6) is 0 Å². The lowest BCUT2D eigenvalue weighted by Gasteiger charge is -2.34. The highest BCUT2D eigenvalue weighted by Gasteiger charge is 2.62. The van der Waals surface area contributed by atoms with Crippen molar-refractivity contribution in [1.29, 1.82) is 0 Å². The van der Waals surface area contributed by atoms with E-state index in [1.54, 1.807) is 30.5 Å². The Morgan fingerprint density at radius 1 is 1.09 bits per heavy atom. The van der Waals surface area contributed by atoms with Crippen LogP contribution >= 0.6 is 0 Å². The van der Waals surface area contributed by atoms with E-state index in [0.29, 0.717) is 17.7 Å². The molecule has 1 saturated heterocycles. The third-order valence-corrected chi connectivity index (χ3v) is 7.01. The van der Waals surface area contributed by atoms with E-state index in [-0.39, 0.29) is 36.9 Å². The monoisotopic (exact) mass is 441 g/mol. The molecule has 5 rings (SSSR count). The Hall–Kier alpha value is -3.16. The Labute approximate surface area is 183 Å². The van der Waals surface area contributed by atoms with E-state index in [1.807, 2.05) is 12.1 Å². The standard InChI is InChI=1S/C24H22F3N3O2/c25-17-3-1-2-14(10-17)15-4-5-18(28-13-15)6-7-20-19-8-9-23(26,27)11-16(19)12-24(20)21(31)29-22(32)30-24/h1-7,10,13,16,19-20H,8-9,11-12H2,(H2,29,30,31,32)/t16-,19-,20+,24?/m1/s1. The minimum absolute atomic E-state index is 0.124. The number of rotatable bonds is 3. The van der Waals surface area contributed by atoms with E-state index < -0.39 is 29.3 Å². The molecule has 2 aliphatic carbocycles. The second-order valence-electron chi connectivity index (χ2n) is 8.97. The molecule has 3 fully saturated rings. The lowest BCUT2D eigenvalue weighted by Crippen LogP contribution is -2.50. The van der Waals surface area contributed by atoms with Crippen molar-refractivity contribution >= 4 is 18.0 Å². The largest absolute Gasteiger partial charge is 0.323 e. The molecule has 166 valence electrons. The molecule has 1 unspecified atom stereocenters. The summed E-state index contributed by atoms with van der Waals surface area (Å²) in [5.41, 5.74) is 0.884. The number of aromatic nitrogens is 1. The van der Waals surface area contributed by atoms with E-state index in [0.717, 1.165) is 5.56 Å². The van der Waals surface area contributed by atoms with Gasteiger partial charge in [-0.05, 0) is 54.5 Å². The fourth-order valence-electron chi connectivity index (χ4n) is 5.60. The highest BCUT2D eigenvalue weighted by Crippen LogP contribution is 2.55. The van der Waals surface area contributed by atoms with Crippen molar-refractivity contribution in [3.05, 3.63) is 60.2 Å². The summed E-state index contributed by atoms with van der Waals surface area (Å²) in [7, 11) is 0. The van der Waals surface area contributed by atoms with Crippen LogP contribution in [0.15, 0.2) is 48.7 Å². The van der Waals surface area contributed by atoms with Crippen molar-refractivity contribution in [2.75, 3.05) is 0 Å². The Balaban J connectivity index is 1.42. The zero-order valence-corrected chi connectivity index (χ0v) is 17.2. The van der Waals surface area contributed by atoms with Crippen LogP contribution in [-0.4, -0.2) is 28.4 Å². The molecule has 1 aliphatic heterocycles. The smallest absolute Gasteiger partial charge is 0.322 e. The van der Waals surface area contributed by atoms with E-state index in [1.165, 1.54) is 12.1 Å². The number of urea groups is 1. The van der Waals surface area contributed by atoms with Crippen molar-refractivity contribution in [2.24, 2.45) is 17.8 Å². The number of nitrogens with one attached hydrogen (secondary N) is 2. The fraction of sp³-hybridized carbons (Fsp3) is 0.375. The van der Waals surface area contributed by atoms with Crippen LogP contribution in [0.1, 0.15) is 31.4 Å². The Morgan fingerprint density at radius 3 is 2.62 bits per heavy atom. The number of hydrogen-bond donors (Lipinski definition) is 2. The van der Waals surface area contributed by atoms with Crippen LogP contribution < -0.4 is 10.6 Å². The summed E-state index contributed by atoms with van der Waals surface area (Å²) in [5, 5.41) is 5.02. The number of imide groups is 1. The zero-order chi connectivity index (χ0) is 22.5. The maximum Gasteiger partial charge on any atom is 0.322 e. The topological polar surface area (TPSA) is 71.1 Å². The number of carbonyl (C=O) groups excluding carboxylic acids is 2. The van der Waals surface area contributed by atoms with E-state index in [4.69, 9.17) is 0 Å². The quantitative estimate of drug-likeness (QED) is 0.687. The molecule has 0 radical (unpaired) electrons. The lowest BCUT2D eigenvalue weighted by molar-refractivity contribution is -0.124. The van der Waals surface area contributed by atoms with E-state index in [2.05, 4.69) is 15.6 Å². The van der Waals surface area contributed by atoms with Crippen molar-refractivity contribution in [2.45, 2.75) is 37.1 Å². The number of halogens is 3. The molecule has 5 nitrogen and oxygen atoms in total. The highest BCUT2D eigenvalue weighted by molar-refractivity contribution is 6.07. The predicted octanol–water partition coefficient (Wildman–Crippen LogP) is 4.55. The van der Waals surface area contributed by atoms with Gasteiger partial charge in [0.2, 0.25) is 5.92 Å². The summed E-state index contributed by atoms with van der Waals surface area (Å²) < 4.78 is 41.5. The van der Waals surface area contributed by atoms with Gasteiger partial charge >= 0.3 is 6.03 Å². The molecule has 3 amide bonds. The first-order valence-electron chi connectivity index (χ1n) is 10.7. The molecule has 1 aromatic heterocycles. The first kappa shape index (κ1) is 20.7. The highest BCUT2D eigenvalue weighted by atomic mass is 19.3. The SMILES string of the molecule is O=C1NC(=O)C2(C[C@H]3CC(F)(F)CC[C@H]3[C@@H]2C=Cc2ccc(-c3cccc(F)c3)cn2)N1. The van der Waals surface area contributed by atoms with Gasteiger partial charge in [-0.3, -0.25) is 15.1 Å². The molecule has 32 heavy (non-hydrogen) atoms. The molecule has 4 atom stereocenters. The summed E-state index contributed by atoms with van der Waals surface area (Å²) >= 11 is 0. The maximum atomic E-state index is 14.0. The minimum atomic E-state index is -2.74. The molecular formula is C24H22F3N3O2. The van der Waals surface area contributed by atoms with Gasteiger partial charge in [0.25, 0.3) is 5.91 Å². The Kier molecular flexibility index (Phi) is 4.83. The van der Waals surface area contributed by atoms with Gasteiger partial charge in [0.05, 0.1) is 5.69 Å². The van der Waals surface area contributed by atoms with Crippen molar-refractivity contribution in [1.82, 2.24) is 15.6 Å². The number of pyridine rings is 1. The van der Waals surface area contributed by atoms with Crippen molar-refractivity contribution < 1.29 is 22.8 Å². The van der Waals surface area contributed by atoms with Gasteiger partial charge in [-0.15, -0.1) is 0 Å². The van der Waals surface area contributed by atoms with Crippen molar-refractivity contribution in [3.63, 3.8) is 0 Å². The lowest BCUT2D eigenvalue weighted by atomic mass is 9.75. The summed E-state index contributed by atoms with van der Waals surface area (Å²) in [5.74, 6) is -4.40. The average Bonchev–Trinajstić information content (AvgIpc) is 3.20. The second kappa shape index (κ2) is 7.46. The van der Waals surface area contributed by atoms with Gasteiger partial charge in [-0.1, -0.05) is 24.3 Å². The third kappa shape index (κ3) is 3.57. The number of fused-ring (bicyclic) bond motifs is 1. The fourth-order valence-corrected chi connectivity index (χ4v) is 5.60. The number of nitrogens with zero attached hydrogens (tertiary/aromatic N) is 1. The zero-order valence-electron chi connectivity index (χ0n) is 17.2. The molecular weight excluding hydrogens is 419 g/mol. The summed E-state index contributed by atoms with van der Waals surface area (Å²) in [6.45, 7) is 0. The van der Waals surface area contributed by atoms with Crippen molar-refractivity contribution in [3.8, 4) is 11.1 Å². The second-order valence-corrected chi connectivity index (χ2v) is 8.97. The predicted molar refractivity (Wildman–Crippen MR) is 112 cm³/mol. The van der Waals surface area contributed by atoms with Gasteiger partial charge in [-0.2, -0.15) is 0 Å². The third-order valence-electron chi connectivity index (χ3n) is 7.01. The number of benzene rings is 1. The van der Waals surface area contributed by atoms with Crippen LogP contribution in [0.2, 0.25) is 0 Å². The molecule has 2 saturated carbocycles. The van der Waals surface area contributed by atoms with E-state index >= 15 is 0 Å². The van der Waals surface area contributed by atoms with Crippen LogP contribution in [0.25, 0.3) is 17.2 Å². The molecule has 0 bridgehead atoms. The molecule has 8 heteroatoms. The molecule has 2 N–H and O–H groups in total. The van der Waals surface area contributed by atoms with Crippen LogP contribution in [-0.2, 0) is 4.79 Å². The minimum Gasteiger partial charge on any atom is -0.323 e. The summed E-state index contributed by atoms with van der Waals surface area (Å²) in [4.78, 5) is 29.0. The summed E-state index contributed by atoms with van der Waals surface area (Å²) in [6.07, 6.45) is 5.22. The average molecular weight is 441 g/mol. The maximum absolute atomic E-state index is 14.0. The number of carbonyl (C=O) groups is 2. The normalized spacial score (nSPS) is 31.0. The molecule has 3 aliphatic rings. The van der Waals surface area contributed by atoms with Gasteiger partial charge in [0, 0.05) is 30.5 Å². The number of amides is 3. The van der Waals surface area contributed by atoms with E-state index in [9.17, 15) is 22.8 Å². The summed E-state index contributed by atoms with van der Waals surface area (Å²) in [6, 6.07) is 9.23. The first-order chi connectivity index (χ1) is 15.3. The Bertz CT molecular complexity index is 1100. The van der Waals surface area contributed by atoms with Crippen LogP contribution in [0.3, 0.4) is 0 Å². The Morgan fingerprint density at radius 2 is 1.94 bits per heavy atom. The molecule has 1 aromatic carbocycles. The molecule has 2 heterocycles. The molecule has 1 spiro atoms. The first-order valence-corrected chi connectivity index (χ1v) is 10.7. The van der Waals surface area contributed by atoms with Gasteiger partial charge in [0.1, 0.15) is 11.4 Å². The van der Waals surface area contributed by atoms with Crippen LogP contribution in [0, 0.1) is 23.6 Å². The van der Waals surface area contributed by atoms with Crippen LogP contribution in [0.4, 0.5) is 18.0 Å². The van der Waals surface area contributed by atoms with Gasteiger partial charge in [0.15, 0.2) is 0 Å².